The van der Waals surface area contributed by atoms with Gasteiger partial charge >= 0.3 is 0 Å². The third-order valence-corrected chi connectivity index (χ3v) is 6.73. The highest BCUT2D eigenvalue weighted by Gasteiger charge is 2.37. The molecule has 0 saturated carbocycles. The third kappa shape index (κ3) is 2.85. The van der Waals surface area contributed by atoms with E-state index in [-0.39, 0.29) is 5.50 Å². The van der Waals surface area contributed by atoms with Crippen molar-refractivity contribution in [1.29, 1.82) is 0 Å². The van der Waals surface area contributed by atoms with Crippen LogP contribution in [0.25, 0.3) is 4.91 Å². The fourth-order valence-corrected chi connectivity index (χ4v) is 5.16. The van der Waals surface area contributed by atoms with Crippen LogP contribution < -0.4 is 0 Å². The number of benzene rings is 2. The lowest BCUT2D eigenvalue weighted by molar-refractivity contribution is 0.250. The Morgan fingerprint density at radius 2 is 1.50 bits per heavy atom. The Bertz CT molecular complexity index is 771. The zero-order chi connectivity index (χ0) is 16.5. The SMILES string of the molecule is CC1=CSC(N2C=C(c3ccccc3)S[C]2c2ccccc2)N1C. The fraction of sp³-hybridized carbons (Fsp3) is 0.150. The summed E-state index contributed by atoms with van der Waals surface area (Å²) in [5.74, 6) is 0. The quantitative estimate of drug-likeness (QED) is 0.730. The summed E-state index contributed by atoms with van der Waals surface area (Å²) >= 11 is 3.72. The first-order chi connectivity index (χ1) is 11.7. The van der Waals surface area contributed by atoms with E-state index in [2.05, 4.69) is 96.0 Å². The van der Waals surface area contributed by atoms with Gasteiger partial charge in [0.25, 0.3) is 0 Å². The van der Waals surface area contributed by atoms with Crippen LogP contribution in [-0.4, -0.2) is 22.3 Å². The molecule has 121 valence electrons. The van der Waals surface area contributed by atoms with E-state index >= 15 is 0 Å². The molecule has 2 heterocycles. The number of rotatable bonds is 3. The maximum Gasteiger partial charge on any atom is 0.156 e. The maximum atomic E-state index is 2.40. The molecule has 0 spiro atoms. The van der Waals surface area contributed by atoms with Crippen molar-refractivity contribution in [3.63, 3.8) is 0 Å². The Morgan fingerprint density at radius 1 is 0.875 bits per heavy atom. The molecule has 4 heteroatoms. The summed E-state index contributed by atoms with van der Waals surface area (Å²) in [5.41, 5.74) is 4.12. The molecule has 2 aromatic carbocycles. The minimum atomic E-state index is 0.272. The smallest absolute Gasteiger partial charge is 0.156 e. The van der Waals surface area contributed by atoms with Crippen LogP contribution in [0.3, 0.4) is 0 Å². The lowest BCUT2D eigenvalue weighted by Gasteiger charge is -2.34. The van der Waals surface area contributed by atoms with Gasteiger partial charge in [-0.2, -0.15) is 0 Å². The summed E-state index contributed by atoms with van der Waals surface area (Å²) in [6, 6.07) is 21.3. The summed E-state index contributed by atoms with van der Waals surface area (Å²) in [5, 5.41) is 3.54. The van der Waals surface area contributed by atoms with E-state index in [1.807, 2.05) is 23.5 Å². The van der Waals surface area contributed by atoms with Crippen molar-refractivity contribution < 1.29 is 0 Å². The van der Waals surface area contributed by atoms with Gasteiger partial charge in [0.2, 0.25) is 0 Å². The predicted molar refractivity (Wildman–Crippen MR) is 106 cm³/mol. The average Bonchev–Trinajstić information content (AvgIpc) is 3.21. The molecule has 0 N–H and O–H groups in total. The van der Waals surface area contributed by atoms with E-state index in [0.29, 0.717) is 0 Å². The molecule has 0 aliphatic carbocycles. The molecule has 2 aliphatic heterocycles. The molecule has 1 atom stereocenters. The number of thioether (sulfide) groups is 2. The van der Waals surface area contributed by atoms with Crippen LogP contribution in [0, 0.1) is 5.37 Å². The van der Waals surface area contributed by atoms with Crippen LogP contribution in [0.15, 0.2) is 78.0 Å². The number of nitrogens with zero attached hydrogens (tertiary/aromatic N) is 2. The highest BCUT2D eigenvalue weighted by molar-refractivity contribution is 8.11. The summed E-state index contributed by atoms with van der Waals surface area (Å²) < 4.78 is 0. The molecule has 1 radical (unpaired) electrons. The van der Waals surface area contributed by atoms with E-state index in [4.69, 9.17) is 0 Å². The molecular formula is C20H19N2S2. The normalized spacial score (nSPS) is 21.2. The molecule has 1 unspecified atom stereocenters. The van der Waals surface area contributed by atoms with Crippen LogP contribution in [-0.2, 0) is 0 Å². The van der Waals surface area contributed by atoms with Crippen LogP contribution in [0.4, 0.5) is 0 Å². The Hall–Kier alpha value is -1.78. The van der Waals surface area contributed by atoms with Gasteiger partial charge in [-0.3, -0.25) is 0 Å². The van der Waals surface area contributed by atoms with E-state index in [1.54, 1.807) is 0 Å². The molecular weight excluding hydrogens is 332 g/mol. The summed E-state index contributed by atoms with van der Waals surface area (Å²) in [7, 11) is 2.16. The van der Waals surface area contributed by atoms with Gasteiger partial charge in [-0.05, 0) is 23.5 Å². The fourth-order valence-electron chi connectivity index (χ4n) is 2.82. The molecule has 2 aliphatic rings. The molecule has 0 aromatic heterocycles. The zero-order valence-corrected chi connectivity index (χ0v) is 15.3. The largest absolute Gasteiger partial charge is 0.349 e. The highest BCUT2D eigenvalue weighted by Crippen LogP contribution is 2.51. The minimum absolute atomic E-state index is 0.272. The van der Waals surface area contributed by atoms with Crippen LogP contribution in [0.5, 0.6) is 0 Å². The number of hydrogen-bond acceptors (Lipinski definition) is 4. The minimum Gasteiger partial charge on any atom is -0.349 e. The molecule has 4 rings (SSSR count). The summed E-state index contributed by atoms with van der Waals surface area (Å²) in [4.78, 5) is 6.03. The van der Waals surface area contributed by atoms with Crippen molar-refractivity contribution in [2.24, 2.45) is 0 Å². The van der Waals surface area contributed by atoms with E-state index in [1.165, 1.54) is 27.1 Å². The van der Waals surface area contributed by atoms with Gasteiger partial charge in [-0.15, -0.1) is 0 Å². The van der Waals surface area contributed by atoms with Gasteiger partial charge in [0.15, 0.2) is 10.9 Å². The second-order valence-electron chi connectivity index (χ2n) is 5.87. The van der Waals surface area contributed by atoms with Gasteiger partial charge < -0.3 is 9.80 Å². The van der Waals surface area contributed by atoms with Gasteiger partial charge in [-0.1, -0.05) is 84.2 Å². The molecule has 0 amide bonds. The standard InChI is InChI=1S/C20H19N2S2/c1-15-14-23-20(21(15)2)22-13-18(16-9-5-3-6-10-16)24-19(22)17-11-7-4-8-12-17/h3-14,20H,1-2H3. The second-order valence-corrected chi connectivity index (χ2v) is 7.83. The molecule has 24 heavy (non-hydrogen) atoms. The first kappa shape index (κ1) is 15.7. The van der Waals surface area contributed by atoms with E-state index in [9.17, 15) is 0 Å². The lowest BCUT2D eigenvalue weighted by Crippen LogP contribution is -2.38. The van der Waals surface area contributed by atoms with Crippen molar-refractivity contribution in [1.82, 2.24) is 9.80 Å². The first-order valence-corrected chi connectivity index (χ1v) is 9.71. The topological polar surface area (TPSA) is 6.48 Å². The van der Waals surface area contributed by atoms with Crippen molar-refractivity contribution in [2.75, 3.05) is 7.05 Å². The van der Waals surface area contributed by atoms with Gasteiger partial charge in [0, 0.05) is 23.8 Å². The Balaban J connectivity index is 1.69. The van der Waals surface area contributed by atoms with Crippen molar-refractivity contribution >= 4 is 28.4 Å². The molecule has 0 fully saturated rings. The van der Waals surface area contributed by atoms with Gasteiger partial charge in [-0.25, -0.2) is 0 Å². The monoisotopic (exact) mass is 351 g/mol. The molecule has 2 nitrogen and oxygen atoms in total. The second kappa shape index (κ2) is 6.61. The molecule has 2 aromatic rings. The summed E-state index contributed by atoms with van der Waals surface area (Å²) in [6.45, 7) is 2.17. The van der Waals surface area contributed by atoms with E-state index in [0.717, 1.165) is 0 Å². The Kier molecular flexibility index (Phi) is 4.33. The Morgan fingerprint density at radius 3 is 2.08 bits per heavy atom. The van der Waals surface area contributed by atoms with Crippen LogP contribution >= 0.6 is 23.5 Å². The van der Waals surface area contributed by atoms with Crippen molar-refractivity contribution in [3.8, 4) is 0 Å². The highest BCUT2D eigenvalue weighted by atomic mass is 32.2. The molecule has 0 saturated heterocycles. The lowest BCUT2D eigenvalue weighted by atomic mass is 10.2. The van der Waals surface area contributed by atoms with Gasteiger partial charge in [0.05, 0.1) is 0 Å². The first-order valence-electron chi connectivity index (χ1n) is 7.95. The molecule has 0 bridgehead atoms. The maximum absolute atomic E-state index is 2.40. The van der Waals surface area contributed by atoms with Crippen LogP contribution in [0.1, 0.15) is 18.1 Å². The number of hydrogen-bond donors (Lipinski definition) is 0. The Labute approximate surface area is 152 Å². The average molecular weight is 352 g/mol. The van der Waals surface area contributed by atoms with Gasteiger partial charge in [0.1, 0.15) is 0 Å². The van der Waals surface area contributed by atoms with Crippen molar-refractivity contribution in [2.45, 2.75) is 12.4 Å². The number of allylic oxidation sites excluding steroid dienone is 1. The zero-order valence-electron chi connectivity index (χ0n) is 13.7. The predicted octanol–water partition coefficient (Wildman–Crippen LogP) is 5.40. The van der Waals surface area contributed by atoms with Crippen LogP contribution in [0.2, 0.25) is 0 Å². The van der Waals surface area contributed by atoms with Crippen molar-refractivity contribution in [3.05, 3.63) is 94.5 Å². The van der Waals surface area contributed by atoms with E-state index < -0.39 is 0 Å². The third-order valence-electron chi connectivity index (χ3n) is 4.26. The summed E-state index contributed by atoms with van der Waals surface area (Å²) in [6.07, 6.45) is 2.29.